The van der Waals surface area contributed by atoms with Gasteiger partial charge >= 0.3 is 0 Å². The Bertz CT molecular complexity index is 638. The van der Waals surface area contributed by atoms with Crippen molar-refractivity contribution in [2.45, 2.75) is 13.5 Å². The van der Waals surface area contributed by atoms with Crippen LogP contribution in [0.15, 0.2) is 46.9 Å². The number of aryl methyl sites for hydroxylation is 1. The third-order valence-corrected chi connectivity index (χ3v) is 3.81. The molecule has 0 bridgehead atoms. The van der Waals surface area contributed by atoms with Gasteiger partial charge in [-0.05, 0) is 37.3 Å². The Morgan fingerprint density at radius 1 is 1.19 bits per heavy atom. The van der Waals surface area contributed by atoms with Gasteiger partial charge in [-0.1, -0.05) is 33.6 Å². The molecule has 0 saturated heterocycles. The third kappa shape index (κ3) is 3.85. The molecule has 110 valence electrons. The van der Waals surface area contributed by atoms with E-state index >= 15 is 0 Å². The number of benzene rings is 2. The van der Waals surface area contributed by atoms with Gasteiger partial charge in [0, 0.05) is 29.2 Å². The van der Waals surface area contributed by atoms with Gasteiger partial charge in [-0.2, -0.15) is 0 Å². The maximum absolute atomic E-state index is 12.4. The highest BCUT2D eigenvalue weighted by Gasteiger charge is 2.14. The molecular weight excluding hydrogens is 330 g/mol. The second-order valence-corrected chi connectivity index (χ2v) is 5.90. The van der Waals surface area contributed by atoms with E-state index in [0.717, 1.165) is 21.3 Å². The number of amides is 1. The number of carbonyl (C=O) groups is 1. The van der Waals surface area contributed by atoms with Gasteiger partial charge in [-0.25, -0.2) is 0 Å². The van der Waals surface area contributed by atoms with Crippen molar-refractivity contribution in [3.05, 3.63) is 63.6 Å². The summed E-state index contributed by atoms with van der Waals surface area (Å²) in [6.45, 7) is 2.54. The average molecular weight is 348 g/mol. The highest BCUT2D eigenvalue weighted by atomic mass is 79.9. The molecule has 0 aromatic heterocycles. The van der Waals surface area contributed by atoms with Gasteiger partial charge in [-0.3, -0.25) is 4.79 Å². The number of hydrogen-bond acceptors (Lipinski definition) is 2. The van der Waals surface area contributed by atoms with Crippen LogP contribution in [0.25, 0.3) is 0 Å². The lowest BCUT2D eigenvalue weighted by molar-refractivity contribution is 0.0784. The third-order valence-electron chi connectivity index (χ3n) is 3.28. The van der Waals surface area contributed by atoms with Gasteiger partial charge in [0.25, 0.3) is 5.91 Å². The largest absolute Gasteiger partial charge is 0.496 e. The summed E-state index contributed by atoms with van der Waals surface area (Å²) in [6, 6.07) is 13.3. The molecule has 2 rings (SSSR count). The molecule has 21 heavy (non-hydrogen) atoms. The van der Waals surface area contributed by atoms with Crippen LogP contribution in [0, 0.1) is 6.92 Å². The van der Waals surface area contributed by atoms with Crippen LogP contribution in [-0.2, 0) is 6.54 Å². The second kappa shape index (κ2) is 6.76. The Hall–Kier alpha value is -1.81. The quantitative estimate of drug-likeness (QED) is 0.835. The van der Waals surface area contributed by atoms with E-state index in [1.165, 1.54) is 0 Å². The fourth-order valence-corrected chi connectivity index (χ4v) is 2.44. The second-order valence-electron chi connectivity index (χ2n) is 4.98. The Kier molecular flexibility index (Phi) is 5.02. The van der Waals surface area contributed by atoms with E-state index in [1.807, 2.05) is 49.4 Å². The lowest BCUT2D eigenvalue weighted by atomic mass is 10.1. The van der Waals surface area contributed by atoms with Crippen LogP contribution in [0.3, 0.4) is 0 Å². The lowest BCUT2D eigenvalue weighted by Crippen LogP contribution is -2.26. The molecule has 3 nitrogen and oxygen atoms in total. The summed E-state index contributed by atoms with van der Waals surface area (Å²) in [6.07, 6.45) is 0. The average Bonchev–Trinajstić information content (AvgIpc) is 2.47. The van der Waals surface area contributed by atoms with Gasteiger partial charge in [-0.15, -0.1) is 0 Å². The van der Waals surface area contributed by atoms with Crippen LogP contribution < -0.4 is 4.74 Å². The molecule has 0 N–H and O–H groups in total. The highest BCUT2D eigenvalue weighted by molar-refractivity contribution is 9.10. The minimum atomic E-state index is -0.00828. The van der Waals surface area contributed by atoms with Crippen molar-refractivity contribution >= 4 is 21.8 Å². The standard InChI is InChI=1S/C17H18BrNO2/c1-12-4-9-16(21-3)14(10-12)11-19(2)17(20)13-5-7-15(18)8-6-13/h4-10H,11H2,1-3H3. The lowest BCUT2D eigenvalue weighted by Gasteiger charge is -2.19. The summed E-state index contributed by atoms with van der Waals surface area (Å²) in [5.74, 6) is 0.794. The molecule has 0 radical (unpaired) electrons. The molecular formula is C17H18BrNO2. The fraction of sp³-hybridized carbons (Fsp3) is 0.235. The predicted molar refractivity (Wildman–Crippen MR) is 87.7 cm³/mol. The van der Waals surface area contributed by atoms with E-state index in [4.69, 9.17) is 4.74 Å². The van der Waals surface area contributed by atoms with Crippen LogP contribution in [0.2, 0.25) is 0 Å². The molecule has 0 saturated carbocycles. The number of nitrogens with zero attached hydrogens (tertiary/aromatic N) is 1. The summed E-state index contributed by atoms with van der Waals surface area (Å²) in [5, 5.41) is 0. The SMILES string of the molecule is COc1ccc(C)cc1CN(C)C(=O)c1ccc(Br)cc1. The topological polar surface area (TPSA) is 29.5 Å². The van der Waals surface area contributed by atoms with E-state index in [-0.39, 0.29) is 5.91 Å². The molecule has 0 unspecified atom stereocenters. The van der Waals surface area contributed by atoms with Crippen molar-refractivity contribution < 1.29 is 9.53 Å². The van der Waals surface area contributed by atoms with Crippen molar-refractivity contribution in [2.75, 3.05) is 14.2 Å². The zero-order valence-electron chi connectivity index (χ0n) is 12.4. The summed E-state index contributed by atoms with van der Waals surface area (Å²) in [4.78, 5) is 14.1. The molecule has 4 heteroatoms. The van der Waals surface area contributed by atoms with Crippen LogP contribution in [0.5, 0.6) is 5.75 Å². The zero-order valence-corrected chi connectivity index (χ0v) is 14.0. The first kappa shape index (κ1) is 15.6. The van der Waals surface area contributed by atoms with Crippen molar-refractivity contribution in [1.29, 1.82) is 0 Å². The van der Waals surface area contributed by atoms with Crippen LogP contribution in [0.4, 0.5) is 0 Å². The number of carbonyl (C=O) groups excluding carboxylic acids is 1. The van der Waals surface area contributed by atoms with E-state index in [9.17, 15) is 4.79 Å². The summed E-state index contributed by atoms with van der Waals surface area (Å²) >= 11 is 3.37. The van der Waals surface area contributed by atoms with Crippen molar-refractivity contribution in [1.82, 2.24) is 4.90 Å². The highest BCUT2D eigenvalue weighted by Crippen LogP contribution is 2.22. The van der Waals surface area contributed by atoms with Gasteiger partial charge in [0.2, 0.25) is 0 Å². The van der Waals surface area contributed by atoms with Crippen molar-refractivity contribution in [2.24, 2.45) is 0 Å². The molecule has 2 aromatic rings. The molecule has 0 aliphatic carbocycles. The van der Waals surface area contributed by atoms with Crippen molar-refractivity contribution in [3.63, 3.8) is 0 Å². The fourth-order valence-electron chi connectivity index (χ4n) is 2.17. The Balaban J connectivity index is 2.17. The van der Waals surface area contributed by atoms with E-state index < -0.39 is 0 Å². The minimum absolute atomic E-state index is 0.00828. The normalized spacial score (nSPS) is 10.3. The summed E-state index contributed by atoms with van der Waals surface area (Å²) in [5.41, 5.74) is 2.83. The van der Waals surface area contributed by atoms with Gasteiger partial charge < -0.3 is 9.64 Å². The number of methoxy groups -OCH3 is 1. The molecule has 0 aliphatic rings. The number of hydrogen-bond donors (Lipinski definition) is 0. The molecule has 0 heterocycles. The Morgan fingerprint density at radius 3 is 2.48 bits per heavy atom. The number of rotatable bonds is 4. The predicted octanol–water partition coefficient (Wildman–Crippen LogP) is 4.04. The molecule has 2 aromatic carbocycles. The first-order valence-corrected chi connectivity index (χ1v) is 7.45. The first-order chi connectivity index (χ1) is 10.0. The molecule has 0 aliphatic heterocycles. The van der Waals surface area contributed by atoms with Crippen molar-refractivity contribution in [3.8, 4) is 5.75 Å². The monoisotopic (exact) mass is 347 g/mol. The van der Waals surface area contributed by atoms with E-state index in [0.29, 0.717) is 12.1 Å². The maximum atomic E-state index is 12.4. The Morgan fingerprint density at radius 2 is 1.86 bits per heavy atom. The molecule has 0 atom stereocenters. The summed E-state index contributed by atoms with van der Waals surface area (Å²) < 4.78 is 6.32. The zero-order chi connectivity index (χ0) is 15.4. The molecule has 0 fully saturated rings. The maximum Gasteiger partial charge on any atom is 0.253 e. The van der Waals surface area contributed by atoms with Crippen LogP contribution in [-0.4, -0.2) is 25.0 Å². The Labute approximate surface area is 133 Å². The number of halogens is 1. The molecule has 1 amide bonds. The first-order valence-electron chi connectivity index (χ1n) is 6.66. The van der Waals surface area contributed by atoms with Crippen LogP contribution in [0.1, 0.15) is 21.5 Å². The minimum Gasteiger partial charge on any atom is -0.496 e. The van der Waals surface area contributed by atoms with Crippen LogP contribution >= 0.6 is 15.9 Å². The molecule has 0 spiro atoms. The van der Waals surface area contributed by atoms with Gasteiger partial charge in [0.1, 0.15) is 5.75 Å². The van der Waals surface area contributed by atoms with Gasteiger partial charge in [0.15, 0.2) is 0 Å². The van der Waals surface area contributed by atoms with Gasteiger partial charge in [0.05, 0.1) is 7.11 Å². The van der Waals surface area contributed by atoms with E-state index in [2.05, 4.69) is 15.9 Å². The summed E-state index contributed by atoms with van der Waals surface area (Å²) in [7, 11) is 3.44. The smallest absolute Gasteiger partial charge is 0.253 e. The number of ether oxygens (including phenoxy) is 1. The van der Waals surface area contributed by atoms with E-state index in [1.54, 1.807) is 19.1 Å².